The van der Waals surface area contributed by atoms with Gasteiger partial charge >= 0.3 is 0 Å². The summed E-state index contributed by atoms with van der Waals surface area (Å²) < 4.78 is 1.90. The fourth-order valence-corrected chi connectivity index (χ4v) is 2.38. The Balaban J connectivity index is 2.05. The normalized spacial score (nSPS) is 19.7. The molecular formula is C12H22N4. The average Bonchev–Trinajstić information content (AvgIpc) is 3.04. The summed E-state index contributed by atoms with van der Waals surface area (Å²) in [5.41, 5.74) is 0.344. The van der Waals surface area contributed by atoms with Crippen molar-refractivity contribution in [3.05, 3.63) is 12.2 Å². The number of hydrogen-bond acceptors (Lipinski definition) is 3. The summed E-state index contributed by atoms with van der Waals surface area (Å²) in [5.74, 6) is 1.97. The number of nitrogens with zero attached hydrogens (tertiary/aromatic N) is 3. The van der Waals surface area contributed by atoms with E-state index in [-0.39, 0.29) is 0 Å². The molecule has 4 nitrogen and oxygen atoms in total. The summed E-state index contributed by atoms with van der Waals surface area (Å²) >= 11 is 0. The molecule has 1 fully saturated rings. The molecule has 0 amide bonds. The molecule has 2 rings (SSSR count). The molecule has 1 unspecified atom stereocenters. The van der Waals surface area contributed by atoms with Crippen molar-refractivity contribution in [1.29, 1.82) is 0 Å². The van der Waals surface area contributed by atoms with Crippen LogP contribution in [0.3, 0.4) is 0 Å². The third kappa shape index (κ3) is 2.43. The molecule has 1 atom stereocenters. The van der Waals surface area contributed by atoms with Gasteiger partial charge < -0.3 is 5.32 Å². The summed E-state index contributed by atoms with van der Waals surface area (Å²) in [6, 6.07) is 0. The smallest absolute Gasteiger partial charge is 0.138 e. The number of hydrogen-bond donors (Lipinski definition) is 1. The summed E-state index contributed by atoms with van der Waals surface area (Å²) in [6.07, 6.45) is 5.43. The monoisotopic (exact) mass is 222 g/mol. The molecule has 16 heavy (non-hydrogen) atoms. The highest BCUT2D eigenvalue weighted by molar-refractivity contribution is 5.00. The maximum absolute atomic E-state index is 4.34. The highest BCUT2D eigenvalue weighted by Crippen LogP contribution is 2.46. The standard InChI is InChI=1S/C12H22N4/c1-4-13-8-12(2,10-5-6-10)7-11-14-9-15-16(11)3/h9-10,13H,4-8H2,1-3H3. The van der Waals surface area contributed by atoms with Crippen molar-refractivity contribution in [3.63, 3.8) is 0 Å². The molecule has 1 aromatic rings. The third-order valence-corrected chi connectivity index (χ3v) is 3.71. The molecular weight excluding hydrogens is 200 g/mol. The van der Waals surface area contributed by atoms with Crippen LogP contribution in [0.5, 0.6) is 0 Å². The van der Waals surface area contributed by atoms with E-state index in [2.05, 4.69) is 29.2 Å². The summed E-state index contributed by atoms with van der Waals surface area (Å²) in [7, 11) is 1.98. The first kappa shape index (κ1) is 11.6. The Bertz CT molecular complexity index is 343. The zero-order valence-electron chi connectivity index (χ0n) is 10.5. The van der Waals surface area contributed by atoms with E-state index >= 15 is 0 Å². The van der Waals surface area contributed by atoms with E-state index in [9.17, 15) is 0 Å². The van der Waals surface area contributed by atoms with Gasteiger partial charge in [0.05, 0.1) is 0 Å². The van der Waals surface area contributed by atoms with Gasteiger partial charge in [-0.05, 0) is 30.7 Å². The van der Waals surface area contributed by atoms with E-state index in [1.807, 2.05) is 11.7 Å². The molecule has 4 heteroatoms. The van der Waals surface area contributed by atoms with Gasteiger partial charge in [0.2, 0.25) is 0 Å². The van der Waals surface area contributed by atoms with Crippen LogP contribution < -0.4 is 5.32 Å². The Labute approximate surface area is 97.5 Å². The number of nitrogens with one attached hydrogen (secondary N) is 1. The van der Waals surface area contributed by atoms with Crippen LogP contribution in [0.2, 0.25) is 0 Å². The lowest BCUT2D eigenvalue weighted by Gasteiger charge is -2.29. The number of aryl methyl sites for hydroxylation is 1. The maximum Gasteiger partial charge on any atom is 0.138 e. The van der Waals surface area contributed by atoms with Gasteiger partial charge in [-0.2, -0.15) is 5.10 Å². The lowest BCUT2D eigenvalue weighted by atomic mass is 9.81. The molecule has 0 bridgehead atoms. The Kier molecular flexibility index (Phi) is 3.28. The van der Waals surface area contributed by atoms with E-state index in [1.54, 1.807) is 6.33 Å². The molecule has 1 aromatic heterocycles. The third-order valence-electron chi connectivity index (χ3n) is 3.71. The average molecular weight is 222 g/mol. The Morgan fingerprint density at radius 2 is 2.31 bits per heavy atom. The lowest BCUT2D eigenvalue weighted by Crippen LogP contribution is -2.36. The molecule has 1 heterocycles. The number of rotatable bonds is 6. The zero-order valence-corrected chi connectivity index (χ0v) is 10.5. The second-order valence-corrected chi connectivity index (χ2v) is 5.19. The van der Waals surface area contributed by atoms with E-state index in [0.29, 0.717) is 5.41 Å². The van der Waals surface area contributed by atoms with Crippen LogP contribution in [0.4, 0.5) is 0 Å². The topological polar surface area (TPSA) is 42.7 Å². The van der Waals surface area contributed by atoms with Crippen LogP contribution in [-0.2, 0) is 13.5 Å². The number of aromatic nitrogens is 3. The molecule has 1 saturated carbocycles. The van der Waals surface area contributed by atoms with E-state index < -0.39 is 0 Å². The molecule has 0 saturated heterocycles. The molecule has 1 aliphatic carbocycles. The molecule has 0 aromatic carbocycles. The van der Waals surface area contributed by atoms with Crippen molar-refractivity contribution in [1.82, 2.24) is 20.1 Å². The minimum atomic E-state index is 0.344. The Morgan fingerprint density at radius 3 is 2.81 bits per heavy atom. The summed E-state index contributed by atoms with van der Waals surface area (Å²) in [4.78, 5) is 4.34. The molecule has 1 aliphatic rings. The fourth-order valence-electron chi connectivity index (χ4n) is 2.38. The van der Waals surface area contributed by atoms with E-state index in [1.165, 1.54) is 12.8 Å². The highest BCUT2D eigenvalue weighted by atomic mass is 15.3. The maximum atomic E-state index is 4.34. The van der Waals surface area contributed by atoms with Gasteiger partial charge in [-0.1, -0.05) is 13.8 Å². The van der Waals surface area contributed by atoms with Gasteiger partial charge in [0.15, 0.2) is 0 Å². The first-order chi connectivity index (χ1) is 7.65. The lowest BCUT2D eigenvalue weighted by molar-refractivity contribution is 0.250. The minimum absolute atomic E-state index is 0.344. The zero-order chi connectivity index (χ0) is 11.6. The molecule has 0 radical (unpaired) electrons. The van der Waals surface area contributed by atoms with Crippen LogP contribution in [0.15, 0.2) is 6.33 Å². The molecule has 0 aliphatic heterocycles. The van der Waals surface area contributed by atoms with Crippen molar-refractivity contribution in [2.24, 2.45) is 18.4 Å². The van der Waals surface area contributed by atoms with Crippen molar-refractivity contribution in [2.45, 2.75) is 33.1 Å². The van der Waals surface area contributed by atoms with Gasteiger partial charge in [0.25, 0.3) is 0 Å². The molecule has 1 N–H and O–H groups in total. The van der Waals surface area contributed by atoms with Crippen LogP contribution in [-0.4, -0.2) is 27.9 Å². The largest absolute Gasteiger partial charge is 0.316 e. The van der Waals surface area contributed by atoms with Crippen molar-refractivity contribution in [3.8, 4) is 0 Å². The van der Waals surface area contributed by atoms with Crippen LogP contribution in [0.1, 0.15) is 32.5 Å². The first-order valence-electron chi connectivity index (χ1n) is 6.19. The highest BCUT2D eigenvalue weighted by Gasteiger charge is 2.41. The fraction of sp³-hybridized carbons (Fsp3) is 0.833. The SMILES string of the molecule is CCNCC(C)(Cc1ncnn1C)C1CC1. The molecule has 90 valence electrons. The van der Waals surface area contributed by atoms with Gasteiger partial charge in [-0.25, -0.2) is 4.98 Å². The predicted octanol–water partition coefficient (Wildman–Crippen LogP) is 1.38. The Morgan fingerprint density at radius 1 is 1.56 bits per heavy atom. The van der Waals surface area contributed by atoms with Crippen molar-refractivity contribution < 1.29 is 0 Å². The van der Waals surface area contributed by atoms with Crippen LogP contribution >= 0.6 is 0 Å². The van der Waals surface area contributed by atoms with Gasteiger partial charge in [0, 0.05) is 20.0 Å². The summed E-state index contributed by atoms with van der Waals surface area (Å²) in [5, 5.41) is 7.63. The minimum Gasteiger partial charge on any atom is -0.316 e. The molecule has 0 spiro atoms. The van der Waals surface area contributed by atoms with E-state index in [0.717, 1.165) is 31.3 Å². The van der Waals surface area contributed by atoms with Gasteiger partial charge in [-0.3, -0.25) is 4.68 Å². The Hall–Kier alpha value is -0.900. The van der Waals surface area contributed by atoms with Crippen molar-refractivity contribution in [2.75, 3.05) is 13.1 Å². The second-order valence-electron chi connectivity index (χ2n) is 5.19. The predicted molar refractivity (Wildman–Crippen MR) is 64.1 cm³/mol. The van der Waals surface area contributed by atoms with Gasteiger partial charge in [0.1, 0.15) is 12.2 Å². The second kappa shape index (κ2) is 4.53. The first-order valence-corrected chi connectivity index (χ1v) is 6.19. The van der Waals surface area contributed by atoms with Crippen LogP contribution in [0.25, 0.3) is 0 Å². The summed E-state index contributed by atoms with van der Waals surface area (Å²) in [6.45, 7) is 6.67. The van der Waals surface area contributed by atoms with E-state index in [4.69, 9.17) is 0 Å². The quantitative estimate of drug-likeness (QED) is 0.791. The van der Waals surface area contributed by atoms with Crippen molar-refractivity contribution >= 4 is 0 Å². The van der Waals surface area contributed by atoms with Gasteiger partial charge in [-0.15, -0.1) is 0 Å². The van der Waals surface area contributed by atoms with Crippen LogP contribution in [0, 0.1) is 11.3 Å².